The second kappa shape index (κ2) is 10.0. The summed E-state index contributed by atoms with van der Waals surface area (Å²) in [6.07, 6.45) is 4.99. The molecule has 1 fully saturated rings. The van der Waals surface area contributed by atoms with E-state index < -0.39 is 17.9 Å². The first-order valence-electron chi connectivity index (χ1n) is 10.9. The topological polar surface area (TPSA) is 84.8 Å². The number of amides is 2. The van der Waals surface area contributed by atoms with E-state index in [-0.39, 0.29) is 6.04 Å². The smallest absolute Gasteiger partial charge is 0.323 e. The lowest BCUT2D eigenvalue weighted by Gasteiger charge is -2.46. The van der Waals surface area contributed by atoms with Crippen LogP contribution in [0, 0.1) is 12.8 Å². The number of aliphatic hydroxyl groups is 2. The molecule has 4 N–H and O–H groups in total. The fraction of sp³-hybridized carbons (Fsp3) is 0.458. The number of carbonyl (C=O) groups is 1. The molecule has 0 bridgehead atoms. The summed E-state index contributed by atoms with van der Waals surface area (Å²) < 4.78 is 0.788. The summed E-state index contributed by atoms with van der Waals surface area (Å²) in [5.74, 6) is -2.47. The van der Waals surface area contributed by atoms with Crippen LogP contribution in [0.1, 0.15) is 51.5 Å². The highest BCUT2D eigenvalue weighted by Crippen LogP contribution is 2.39. The van der Waals surface area contributed by atoms with Crippen molar-refractivity contribution in [3.63, 3.8) is 0 Å². The number of benzene rings is 2. The van der Waals surface area contributed by atoms with Gasteiger partial charge in [-0.25, -0.2) is 4.79 Å². The Hall–Kier alpha value is -2.09. The van der Waals surface area contributed by atoms with Crippen molar-refractivity contribution in [1.29, 1.82) is 0 Å². The van der Waals surface area contributed by atoms with Crippen LogP contribution in [0.5, 0.6) is 0 Å². The zero-order valence-corrected chi connectivity index (χ0v) is 19.9. The Morgan fingerprint density at radius 2 is 1.71 bits per heavy atom. The number of nitrogens with one attached hydrogen (secondary N) is 2. The molecule has 1 aliphatic rings. The number of hydrogen-bond donors (Lipinski definition) is 4. The lowest BCUT2D eigenvalue weighted by Crippen LogP contribution is -2.58. The van der Waals surface area contributed by atoms with Crippen molar-refractivity contribution < 1.29 is 15.0 Å². The number of aryl methyl sites for hydroxylation is 1. The molecule has 2 aromatic carbocycles. The van der Waals surface area contributed by atoms with Gasteiger partial charge in [-0.1, -0.05) is 66.7 Å². The Morgan fingerprint density at radius 1 is 1.06 bits per heavy atom. The van der Waals surface area contributed by atoms with Crippen LogP contribution in [-0.2, 0) is 0 Å². The summed E-state index contributed by atoms with van der Waals surface area (Å²) in [5, 5.41) is 27.9. The molecule has 1 saturated carbocycles. The van der Waals surface area contributed by atoms with E-state index in [0.29, 0.717) is 17.1 Å². The van der Waals surface area contributed by atoms with Crippen molar-refractivity contribution in [1.82, 2.24) is 0 Å². The van der Waals surface area contributed by atoms with Crippen LogP contribution >= 0.6 is 15.9 Å². The highest BCUT2D eigenvalue weighted by molar-refractivity contribution is 9.10. The van der Waals surface area contributed by atoms with Gasteiger partial charge >= 0.3 is 6.03 Å². The molecule has 0 heterocycles. The number of rotatable bonds is 6. The first kappa shape index (κ1) is 23.6. The monoisotopic (exact) mass is 489 g/mol. The van der Waals surface area contributed by atoms with Gasteiger partial charge in [-0.05, 0) is 50.1 Å². The van der Waals surface area contributed by atoms with Crippen LogP contribution in [0.25, 0.3) is 0 Å². The van der Waals surface area contributed by atoms with Crippen molar-refractivity contribution in [2.75, 3.05) is 15.5 Å². The summed E-state index contributed by atoms with van der Waals surface area (Å²) in [6.45, 7) is 5.56. The molecule has 0 unspecified atom stereocenters. The van der Waals surface area contributed by atoms with Gasteiger partial charge in [-0.2, -0.15) is 0 Å². The Balaban J connectivity index is 1.93. The number of nitrogens with zero attached hydrogens (tertiary/aromatic N) is 1. The van der Waals surface area contributed by atoms with E-state index in [0.717, 1.165) is 42.1 Å². The minimum Gasteiger partial charge on any atom is -0.349 e. The zero-order chi connectivity index (χ0) is 22.6. The maximum Gasteiger partial charge on any atom is 0.323 e. The van der Waals surface area contributed by atoms with E-state index in [4.69, 9.17) is 0 Å². The fourth-order valence-corrected chi connectivity index (χ4v) is 4.36. The van der Waals surface area contributed by atoms with Crippen molar-refractivity contribution >= 4 is 39.0 Å². The third-order valence-electron chi connectivity index (χ3n) is 5.84. The molecule has 0 radical (unpaired) electrons. The molecule has 0 saturated heterocycles. The third kappa shape index (κ3) is 5.79. The second-order valence-electron chi connectivity index (χ2n) is 8.61. The number of halogens is 1. The van der Waals surface area contributed by atoms with Gasteiger partial charge < -0.3 is 25.7 Å². The molecule has 3 rings (SSSR count). The van der Waals surface area contributed by atoms with Crippen LogP contribution in [0.2, 0.25) is 0 Å². The summed E-state index contributed by atoms with van der Waals surface area (Å²) >= 11 is 3.47. The molecule has 0 aromatic heterocycles. The van der Waals surface area contributed by atoms with Crippen molar-refractivity contribution in [3.05, 3.63) is 52.5 Å². The van der Waals surface area contributed by atoms with E-state index in [1.165, 1.54) is 0 Å². The average Bonchev–Trinajstić information content (AvgIpc) is 2.72. The van der Waals surface area contributed by atoms with Crippen molar-refractivity contribution in [2.24, 2.45) is 5.92 Å². The highest BCUT2D eigenvalue weighted by Gasteiger charge is 2.41. The molecule has 6 nitrogen and oxygen atoms in total. The van der Waals surface area contributed by atoms with E-state index in [9.17, 15) is 15.0 Å². The third-order valence-corrected chi connectivity index (χ3v) is 6.34. The molecule has 168 valence electrons. The van der Waals surface area contributed by atoms with Gasteiger partial charge in [0.2, 0.25) is 5.91 Å². The Kier molecular flexibility index (Phi) is 7.62. The molecular formula is C24H32BrN3O3. The second-order valence-corrected chi connectivity index (χ2v) is 9.53. The summed E-state index contributed by atoms with van der Waals surface area (Å²) in [7, 11) is 0. The zero-order valence-electron chi connectivity index (χ0n) is 18.4. The molecule has 0 spiro atoms. The maximum absolute atomic E-state index is 12.7. The normalized spacial score (nSPS) is 15.1. The number of urea groups is 1. The number of carbonyl (C=O) groups excluding carboxylic acids is 1. The van der Waals surface area contributed by atoms with Gasteiger partial charge in [0.05, 0.1) is 11.4 Å². The minimum atomic E-state index is -2.04. The Morgan fingerprint density at radius 3 is 2.32 bits per heavy atom. The van der Waals surface area contributed by atoms with Crippen LogP contribution in [-0.4, -0.2) is 28.2 Å². The number of anilines is 3. The standard InChI is InChI=1S/C24H32BrN3O3/c1-16(2)24(30,31)28(20-7-5-4-6-8-20)22-14-11-18(25)15-21(22)27-23(29)26-19-12-9-17(3)10-13-19/h9-16,20,30-31H,4-8H2,1-3H3,(H2,26,27,29). The SMILES string of the molecule is Cc1ccc(NC(=O)Nc2cc(Br)ccc2N(C2CCCCC2)C(O)(O)C(C)C)cc1. The van der Waals surface area contributed by atoms with Crippen molar-refractivity contribution in [2.45, 2.75) is 64.8 Å². The quantitative estimate of drug-likeness (QED) is 0.384. The minimum absolute atomic E-state index is 0.0203. The molecule has 7 heteroatoms. The predicted molar refractivity (Wildman–Crippen MR) is 129 cm³/mol. The van der Waals surface area contributed by atoms with E-state index >= 15 is 0 Å². The van der Waals surface area contributed by atoms with Crippen LogP contribution in [0.4, 0.5) is 21.9 Å². The molecule has 2 amide bonds. The summed E-state index contributed by atoms with van der Waals surface area (Å²) in [4.78, 5) is 14.4. The van der Waals surface area contributed by atoms with Gasteiger partial charge in [0.15, 0.2) is 0 Å². The van der Waals surface area contributed by atoms with Crippen LogP contribution < -0.4 is 15.5 Å². The fourth-order valence-electron chi connectivity index (χ4n) is 4.00. The number of hydrogen-bond acceptors (Lipinski definition) is 4. The predicted octanol–water partition coefficient (Wildman–Crippen LogP) is 5.84. The van der Waals surface area contributed by atoms with Gasteiger partial charge in [-0.15, -0.1) is 0 Å². The maximum atomic E-state index is 12.7. The molecule has 2 aromatic rings. The highest BCUT2D eigenvalue weighted by atomic mass is 79.9. The molecule has 0 aliphatic heterocycles. The molecular weight excluding hydrogens is 458 g/mol. The van der Waals surface area contributed by atoms with Gasteiger partial charge in [0, 0.05) is 22.1 Å². The van der Waals surface area contributed by atoms with Gasteiger partial charge in [-0.3, -0.25) is 0 Å². The Labute approximate surface area is 192 Å². The van der Waals surface area contributed by atoms with Gasteiger partial charge in [0.1, 0.15) is 0 Å². The van der Waals surface area contributed by atoms with Crippen LogP contribution in [0.3, 0.4) is 0 Å². The first-order chi connectivity index (χ1) is 14.7. The van der Waals surface area contributed by atoms with E-state index in [2.05, 4.69) is 26.6 Å². The largest absolute Gasteiger partial charge is 0.349 e. The summed E-state index contributed by atoms with van der Waals surface area (Å²) in [6, 6.07) is 12.6. The molecule has 31 heavy (non-hydrogen) atoms. The molecule has 0 atom stereocenters. The Bertz CT molecular complexity index is 893. The molecule has 1 aliphatic carbocycles. The summed E-state index contributed by atoms with van der Waals surface area (Å²) in [5.41, 5.74) is 2.90. The van der Waals surface area contributed by atoms with E-state index in [1.54, 1.807) is 24.8 Å². The van der Waals surface area contributed by atoms with Crippen LogP contribution in [0.15, 0.2) is 46.9 Å². The van der Waals surface area contributed by atoms with Crippen molar-refractivity contribution in [3.8, 4) is 0 Å². The van der Waals surface area contributed by atoms with Gasteiger partial charge in [0.25, 0.3) is 0 Å². The first-order valence-corrected chi connectivity index (χ1v) is 11.7. The lowest BCUT2D eigenvalue weighted by atomic mass is 9.91. The van der Waals surface area contributed by atoms with E-state index in [1.807, 2.05) is 43.3 Å². The lowest BCUT2D eigenvalue weighted by molar-refractivity contribution is -0.196. The average molecular weight is 490 g/mol.